The summed E-state index contributed by atoms with van der Waals surface area (Å²) in [6.07, 6.45) is 0. The van der Waals surface area contributed by atoms with Gasteiger partial charge < -0.3 is 10.2 Å². The zero-order valence-corrected chi connectivity index (χ0v) is 13.1. The molecule has 1 aromatic heterocycles. The van der Waals surface area contributed by atoms with Crippen molar-refractivity contribution in [3.63, 3.8) is 0 Å². The second-order valence-electron chi connectivity index (χ2n) is 4.86. The van der Waals surface area contributed by atoms with Gasteiger partial charge in [0.1, 0.15) is 5.82 Å². The molecule has 2 aromatic rings. The molecule has 0 bridgehead atoms. The van der Waals surface area contributed by atoms with Gasteiger partial charge in [-0.2, -0.15) is 0 Å². The molecule has 0 aliphatic rings. The molecule has 1 unspecified atom stereocenters. The van der Waals surface area contributed by atoms with Crippen molar-refractivity contribution >= 4 is 22.9 Å². The summed E-state index contributed by atoms with van der Waals surface area (Å²) in [4.78, 5) is 3.46. The number of halogens is 2. The van der Waals surface area contributed by atoms with Crippen molar-refractivity contribution in [2.75, 3.05) is 20.6 Å². The van der Waals surface area contributed by atoms with Gasteiger partial charge in [0.25, 0.3) is 0 Å². The lowest BCUT2D eigenvalue weighted by Gasteiger charge is -2.23. The molecule has 0 saturated heterocycles. The Morgan fingerprint density at radius 2 is 2.15 bits per heavy atom. The zero-order chi connectivity index (χ0) is 14.5. The van der Waals surface area contributed by atoms with E-state index in [0.29, 0.717) is 17.1 Å². The number of benzene rings is 1. The van der Waals surface area contributed by atoms with Crippen LogP contribution in [0.3, 0.4) is 0 Å². The van der Waals surface area contributed by atoms with E-state index in [0.717, 1.165) is 6.54 Å². The molecule has 2 nitrogen and oxygen atoms in total. The van der Waals surface area contributed by atoms with Crippen molar-refractivity contribution < 1.29 is 4.39 Å². The molecule has 1 N–H and O–H groups in total. The Morgan fingerprint density at radius 3 is 2.80 bits per heavy atom. The largest absolute Gasteiger partial charge is 0.311 e. The first kappa shape index (κ1) is 15.4. The van der Waals surface area contributed by atoms with Crippen LogP contribution >= 0.6 is 22.9 Å². The van der Waals surface area contributed by atoms with E-state index in [4.69, 9.17) is 11.6 Å². The number of nitrogens with zero attached hydrogens (tertiary/aromatic N) is 1. The molecule has 0 amide bonds. The molecule has 1 heterocycles. The summed E-state index contributed by atoms with van der Waals surface area (Å²) in [5.74, 6) is -0.223. The van der Waals surface area contributed by atoms with Crippen LogP contribution in [-0.2, 0) is 6.54 Å². The van der Waals surface area contributed by atoms with Crippen LogP contribution < -0.4 is 5.32 Å². The van der Waals surface area contributed by atoms with Gasteiger partial charge in [0.15, 0.2) is 0 Å². The van der Waals surface area contributed by atoms with Crippen LogP contribution in [0.2, 0.25) is 5.02 Å². The molecule has 108 valence electrons. The summed E-state index contributed by atoms with van der Waals surface area (Å²) in [7, 11) is 4.10. The highest BCUT2D eigenvalue weighted by Gasteiger charge is 2.14. The van der Waals surface area contributed by atoms with Crippen LogP contribution in [-0.4, -0.2) is 25.5 Å². The topological polar surface area (TPSA) is 15.3 Å². The normalized spacial score (nSPS) is 12.8. The second-order valence-corrected chi connectivity index (χ2v) is 6.28. The van der Waals surface area contributed by atoms with Crippen molar-refractivity contribution in [2.45, 2.75) is 12.6 Å². The summed E-state index contributed by atoms with van der Waals surface area (Å²) >= 11 is 7.62. The second kappa shape index (κ2) is 7.18. The smallest absolute Gasteiger partial charge is 0.127 e. The first-order valence-corrected chi connectivity index (χ1v) is 7.68. The minimum atomic E-state index is -0.223. The Hall–Kier alpha value is -0.940. The van der Waals surface area contributed by atoms with Crippen LogP contribution in [0.5, 0.6) is 0 Å². The summed E-state index contributed by atoms with van der Waals surface area (Å²) in [6, 6.07) is 9.10. The molecule has 5 heteroatoms. The monoisotopic (exact) mass is 312 g/mol. The highest BCUT2D eigenvalue weighted by molar-refractivity contribution is 7.10. The number of thiophene rings is 1. The fourth-order valence-corrected chi connectivity index (χ4v) is 3.16. The van der Waals surface area contributed by atoms with E-state index in [-0.39, 0.29) is 11.9 Å². The van der Waals surface area contributed by atoms with Crippen molar-refractivity contribution in [3.05, 3.63) is 57.0 Å². The molecule has 0 aliphatic heterocycles. The predicted molar refractivity (Wildman–Crippen MR) is 83.9 cm³/mol. The quantitative estimate of drug-likeness (QED) is 0.869. The van der Waals surface area contributed by atoms with Gasteiger partial charge in [-0.25, -0.2) is 4.39 Å². The molecule has 0 spiro atoms. The molecule has 0 saturated carbocycles. The Labute approximate surface area is 128 Å². The van der Waals surface area contributed by atoms with Gasteiger partial charge in [-0.3, -0.25) is 0 Å². The summed E-state index contributed by atoms with van der Waals surface area (Å²) in [5, 5.41) is 5.94. The van der Waals surface area contributed by atoms with E-state index in [1.807, 2.05) is 20.2 Å². The third-order valence-corrected chi connectivity index (χ3v) is 4.36. The Bertz CT molecular complexity index is 543. The molecule has 0 fully saturated rings. The van der Waals surface area contributed by atoms with E-state index in [9.17, 15) is 4.39 Å². The fourth-order valence-electron chi connectivity index (χ4n) is 2.04. The van der Waals surface area contributed by atoms with E-state index < -0.39 is 0 Å². The third kappa shape index (κ3) is 4.03. The lowest BCUT2D eigenvalue weighted by Crippen LogP contribution is -2.30. The maximum absolute atomic E-state index is 13.6. The zero-order valence-electron chi connectivity index (χ0n) is 11.6. The molecular weight excluding hydrogens is 295 g/mol. The molecule has 2 rings (SSSR count). The molecule has 20 heavy (non-hydrogen) atoms. The van der Waals surface area contributed by atoms with Crippen molar-refractivity contribution in [1.29, 1.82) is 0 Å². The van der Waals surface area contributed by atoms with Gasteiger partial charge in [-0.1, -0.05) is 17.7 Å². The summed E-state index contributed by atoms with van der Waals surface area (Å²) in [5.41, 5.74) is 0.598. The van der Waals surface area contributed by atoms with Gasteiger partial charge in [-0.15, -0.1) is 11.3 Å². The lowest BCUT2D eigenvalue weighted by atomic mass is 10.2. The minimum absolute atomic E-state index is 0.223. The SMILES string of the molecule is CN(C)C(CNCc1cc(Cl)ccc1F)c1cccs1. The Morgan fingerprint density at radius 1 is 1.35 bits per heavy atom. The van der Waals surface area contributed by atoms with Crippen LogP contribution in [0.15, 0.2) is 35.7 Å². The molecule has 1 aromatic carbocycles. The van der Waals surface area contributed by atoms with Crippen LogP contribution in [0, 0.1) is 5.82 Å². The van der Waals surface area contributed by atoms with Crippen LogP contribution in [0.4, 0.5) is 4.39 Å². The third-order valence-electron chi connectivity index (χ3n) is 3.16. The molecule has 0 radical (unpaired) electrons. The van der Waals surface area contributed by atoms with E-state index in [2.05, 4.69) is 21.7 Å². The highest BCUT2D eigenvalue weighted by atomic mass is 35.5. The van der Waals surface area contributed by atoms with Gasteiger partial charge in [0, 0.05) is 28.6 Å². The number of hydrogen-bond donors (Lipinski definition) is 1. The number of hydrogen-bond acceptors (Lipinski definition) is 3. The standard InChI is InChI=1S/C15H18ClFN2S/c1-19(2)14(15-4-3-7-20-15)10-18-9-11-8-12(16)5-6-13(11)17/h3-8,14,18H,9-10H2,1-2H3. The summed E-state index contributed by atoms with van der Waals surface area (Å²) in [6.45, 7) is 1.24. The molecule has 0 aliphatic carbocycles. The average Bonchev–Trinajstić information content (AvgIpc) is 2.91. The first-order valence-electron chi connectivity index (χ1n) is 6.42. The van der Waals surface area contributed by atoms with Gasteiger partial charge >= 0.3 is 0 Å². The number of rotatable bonds is 6. The highest BCUT2D eigenvalue weighted by Crippen LogP contribution is 2.22. The number of nitrogens with one attached hydrogen (secondary N) is 1. The van der Waals surface area contributed by atoms with Crippen LogP contribution in [0.25, 0.3) is 0 Å². The van der Waals surface area contributed by atoms with E-state index in [1.165, 1.54) is 10.9 Å². The maximum Gasteiger partial charge on any atom is 0.127 e. The molecule has 1 atom stereocenters. The van der Waals surface area contributed by atoms with E-state index >= 15 is 0 Å². The van der Waals surface area contributed by atoms with Gasteiger partial charge in [0.05, 0.1) is 6.04 Å². The molecular formula is C15H18ClFN2S. The van der Waals surface area contributed by atoms with Gasteiger partial charge in [-0.05, 0) is 43.7 Å². The van der Waals surface area contributed by atoms with Crippen LogP contribution in [0.1, 0.15) is 16.5 Å². The predicted octanol–water partition coefficient (Wildman–Crippen LogP) is 3.93. The summed E-state index contributed by atoms with van der Waals surface area (Å²) < 4.78 is 13.6. The fraction of sp³-hybridized carbons (Fsp3) is 0.333. The maximum atomic E-state index is 13.6. The first-order chi connectivity index (χ1) is 9.58. The Kier molecular flexibility index (Phi) is 5.54. The van der Waals surface area contributed by atoms with Crippen molar-refractivity contribution in [3.8, 4) is 0 Å². The van der Waals surface area contributed by atoms with Gasteiger partial charge in [0.2, 0.25) is 0 Å². The van der Waals surface area contributed by atoms with E-state index in [1.54, 1.807) is 23.5 Å². The lowest BCUT2D eigenvalue weighted by molar-refractivity contribution is 0.292. The average molecular weight is 313 g/mol. The van der Waals surface area contributed by atoms with Crippen molar-refractivity contribution in [2.24, 2.45) is 0 Å². The minimum Gasteiger partial charge on any atom is -0.311 e. The van der Waals surface area contributed by atoms with Crippen molar-refractivity contribution in [1.82, 2.24) is 10.2 Å². The Balaban J connectivity index is 1.95. The number of likely N-dealkylation sites (N-methyl/N-ethyl adjacent to an activating group) is 1.